The fraction of sp³-hybridized carbons (Fsp3) is 0.333. The van der Waals surface area contributed by atoms with Gasteiger partial charge in [0.1, 0.15) is 5.75 Å². The molecular formula is C18H22O3. The molecule has 0 aliphatic heterocycles. The number of hydrogen-bond donors (Lipinski definition) is 1. The highest BCUT2D eigenvalue weighted by Crippen LogP contribution is 2.24. The summed E-state index contributed by atoms with van der Waals surface area (Å²) in [5.74, 6) is 0.803. The Balaban J connectivity index is 2.10. The fourth-order valence-electron chi connectivity index (χ4n) is 2.19. The van der Waals surface area contributed by atoms with Crippen LogP contribution in [0.1, 0.15) is 25.3 Å². The number of aliphatic hydroxyl groups excluding tert-OH is 1. The first-order chi connectivity index (χ1) is 10.3. The summed E-state index contributed by atoms with van der Waals surface area (Å²) in [5, 5.41) is 9.20. The van der Waals surface area contributed by atoms with Crippen LogP contribution in [-0.4, -0.2) is 18.5 Å². The minimum absolute atomic E-state index is 0.0571. The lowest BCUT2D eigenvalue weighted by molar-refractivity contribution is -0.0583. The molecule has 0 amide bonds. The Bertz CT molecular complexity index is 549. The van der Waals surface area contributed by atoms with Gasteiger partial charge in [0.05, 0.1) is 6.61 Å². The summed E-state index contributed by atoms with van der Waals surface area (Å²) in [7, 11) is 1.66. The zero-order chi connectivity index (χ0) is 15.1. The third-order valence-electron chi connectivity index (χ3n) is 3.35. The number of aliphatic hydroxyl groups is 1. The molecule has 0 aromatic heterocycles. The molecule has 0 saturated carbocycles. The van der Waals surface area contributed by atoms with Gasteiger partial charge in [0.15, 0.2) is 6.29 Å². The highest BCUT2D eigenvalue weighted by Gasteiger charge is 2.07. The van der Waals surface area contributed by atoms with Crippen molar-refractivity contribution in [3.05, 3.63) is 54.1 Å². The van der Waals surface area contributed by atoms with Crippen molar-refractivity contribution in [1.29, 1.82) is 0 Å². The van der Waals surface area contributed by atoms with Crippen LogP contribution in [0.2, 0.25) is 0 Å². The summed E-state index contributed by atoms with van der Waals surface area (Å²) in [4.78, 5) is 0. The number of hydrogen-bond acceptors (Lipinski definition) is 3. The standard InChI is InChI=1S/C18H22O3/c1-3-5-18(20-2)21-17-10-8-15(9-11-17)16-7-4-6-14(12-16)13-19/h4,6-12,18-19H,3,5,13H2,1-2H3. The molecule has 1 unspecified atom stereocenters. The summed E-state index contributed by atoms with van der Waals surface area (Å²) < 4.78 is 11.1. The smallest absolute Gasteiger partial charge is 0.199 e. The molecule has 1 N–H and O–H groups in total. The van der Waals surface area contributed by atoms with E-state index in [4.69, 9.17) is 9.47 Å². The highest BCUT2D eigenvalue weighted by molar-refractivity contribution is 5.64. The van der Waals surface area contributed by atoms with E-state index in [1.807, 2.05) is 48.5 Å². The molecule has 0 aliphatic carbocycles. The van der Waals surface area contributed by atoms with E-state index in [1.54, 1.807) is 7.11 Å². The Hall–Kier alpha value is -1.84. The van der Waals surface area contributed by atoms with E-state index in [-0.39, 0.29) is 12.9 Å². The summed E-state index contributed by atoms with van der Waals surface area (Å²) >= 11 is 0. The summed E-state index contributed by atoms with van der Waals surface area (Å²) in [6.45, 7) is 2.16. The quantitative estimate of drug-likeness (QED) is 0.782. The van der Waals surface area contributed by atoms with Crippen molar-refractivity contribution in [2.24, 2.45) is 0 Å². The lowest BCUT2D eigenvalue weighted by atomic mass is 10.0. The Morgan fingerprint density at radius 3 is 2.43 bits per heavy atom. The van der Waals surface area contributed by atoms with Crippen molar-refractivity contribution in [2.45, 2.75) is 32.7 Å². The van der Waals surface area contributed by atoms with Crippen molar-refractivity contribution in [3.8, 4) is 16.9 Å². The molecule has 112 valence electrons. The highest BCUT2D eigenvalue weighted by atomic mass is 16.7. The topological polar surface area (TPSA) is 38.7 Å². The largest absolute Gasteiger partial charge is 0.465 e. The van der Waals surface area contributed by atoms with Gasteiger partial charge in [-0.25, -0.2) is 0 Å². The van der Waals surface area contributed by atoms with E-state index in [0.29, 0.717) is 0 Å². The van der Waals surface area contributed by atoms with Gasteiger partial charge in [-0.15, -0.1) is 0 Å². The second-order valence-electron chi connectivity index (χ2n) is 4.95. The van der Waals surface area contributed by atoms with Crippen LogP contribution in [0.25, 0.3) is 11.1 Å². The van der Waals surface area contributed by atoms with Gasteiger partial charge in [-0.05, 0) is 34.9 Å². The first kappa shape index (κ1) is 15.5. The van der Waals surface area contributed by atoms with E-state index in [1.165, 1.54) is 0 Å². The van der Waals surface area contributed by atoms with Crippen LogP contribution in [0.15, 0.2) is 48.5 Å². The van der Waals surface area contributed by atoms with E-state index in [9.17, 15) is 5.11 Å². The molecular weight excluding hydrogens is 264 g/mol. The molecule has 3 heteroatoms. The van der Waals surface area contributed by atoms with Gasteiger partial charge in [0.25, 0.3) is 0 Å². The minimum atomic E-state index is -0.196. The first-order valence-electron chi connectivity index (χ1n) is 7.26. The molecule has 0 fully saturated rings. The van der Waals surface area contributed by atoms with Crippen LogP contribution >= 0.6 is 0 Å². The maximum Gasteiger partial charge on any atom is 0.199 e. The van der Waals surface area contributed by atoms with E-state index in [2.05, 4.69) is 6.92 Å². The second-order valence-corrected chi connectivity index (χ2v) is 4.95. The predicted octanol–water partition coefficient (Wildman–Crippen LogP) is 4.00. The molecule has 0 heterocycles. The molecule has 2 aromatic rings. The van der Waals surface area contributed by atoms with Crippen LogP contribution in [0.3, 0.4) is 0 Å². The van der Waals surface area contributed by atoms with Gasteiger partial charge >= 0.3 is 0 Å². The van der Waals surface area contributed by atoms with Crippen molar-refractivity contribution < 1.29 is 14.6 Å². The van der Waals surface area contributed by atoms with Crippen LogP contribution in [0.4, 0.5) is 0 Å². The van der Waals surface area contributed by atoms with Gasteiger partial charge in [0, 0.05) is 13.5 Å². The van der Waals surface area contributed by atoms with E-state index >= 15 is 0 Å². The monoisotopic (exact) mass is 286 g/mol. The Morgan fingerprint density at radius 2 is 1.81 bits per heavy atom. The lowest BCUT2D eigenvalue weighted by Crippen LogP contribution is -2.18. The average Bonchev–Trinajstić information content (AvgIpc) is 2.55. The number of methoxy groups -OCH3 is 1. The van der Waals surface area contributed by atoms with Gasteiger partial charge in [-0.1, -0.05) is 43.7 Å². The molecule has 0 spiro atoms. The zero-order valence-corrected chi connectivity index (χ0v) is 12.6. The third-order valence-corrected chi connectivity index (χ3v) is 3.35. The molecule has 2 rings (SSSR count). The molecule has 21 heavy (non-hydrogen) atoms. The average molecular weight is 286 g/mol. The van der Waals surface area contributed by atoms with E-state index in [0.717, 1.165) is 35.3 Å². The number of benzene rings is 2. The van der Waals surface area contributed by atoms with Crippen LogP contribution in [0.5, 0.6) is 5.75 Å². The zero-order valence-electron chi connectivity index (χ0n) is 12.6. The molecule has 0 radical (unpaired) electrons. The maximum absolute atomic E-state index is 9.20. The van der Waals surface area contributed by atoms with Crippen molar-refractivity contribution in [1.82, 2.24) is 0 Å². The van der Waals surface area contributed by atoms with Crippen molar-refractivity contribution in [3.63, 3.8) is 0 Å². The van der Waals surface area contributed by atoms with Gasteiger partial charge in [-0.2, -0.15) is 0 Å². The predicted molar refractivity (Wildman–Crippen MR) is 84.1 cm³/mol. The summed E-state index contributed by atoms with van der Waals surface area (Å²) in [6, 6.07) is 15.8. The minimum Gasteiger partial charge on any atom is -0.465 e. The fourth-order valence-corrected chi connectivity index (χ4v) is 2.19. The Labute approximate surface area is 126 Å². The number of ether oxygens (including phenoxy) is 2. The third kappa shape index (κ3) is 4.31. The lowest BCUT2D eigenvalue weighted by Gasteiger charge is -2.17. The molecule has 3 nitrogen and oxygen atoms in total. The summed E-state index contributed by atoms with van der Waals surface area (Å²) in [5.41, 5.74) is 3.10. The van der Waals surface area contributed by atoms with Crippen molar-refractivity contribution in [2.75, 3.05) is 7.11 Å². The molecule has 0 saturated heterocycles. The normalized spacial score (nSPS) is 12.1. The number of rotatable bonds is 7. The van der Waals surface area contributed by atoms with Gasteiger partial charge < -0.3 is 14.6 Å². The van der Waals surface area contributed by atoms with Crippen LogP contribution in [0, 0.1) is 0 Å². The second kappa shape index (κ2) is 7.81. The van der Waals surface area contributed by atoms with Crippen LogP contribution in [-0.2, 0) is 11.3 Å². The van der Waals surface area contributed by atoms with Gasteiger partial charge in [-0.3, -0.25) is 0 Å². The Kier molecular flexibility index (Phi) is 5.78. The van der Waals surface area contributed by atoms with Crippen molar-refractivity contribution >= 4 is 0 Å². The summed E-state index contributed by atoms with van der Waals surface area (Å²) in [6.07, 6.45) is 1.69. The first-order valence-corrected chi connectivity index (χ1v) is 7.26. The molecule has 2 aromatic carbocycles. The molecule has 0 bridgehead atoms. The SMILES string of the molecule is CCCC(OC)Oc1ccc(-c2cccc(CO)c2)cc1. The Morgan fingerprint density at radius 1 is 1.05 bits per heavy atom. The molecule has 0 aliphatic rings. The van der Waals surface area contributed by atoms with Gasteiger partial charge in [0.2, 0.25) is 0 Å². The van der Waals surface area contributed by atoms with E-state index < -0.39 is 0 Å². The molecule has 1 atom stereocenters. The maximum atomic E-state index is 9.20. The van der Waals surface area contributed by atoms with Crippen LogP contribution < -0.4 is 4.74 Å².